The molecule has 0 aromatic heterocycles. The molecule has 2 rings (SSSR count). The molecule has 0 amide bonds. The van der Waals surface area contributed by atoms with Gasteiger partial charge in [-0.25, -0.2) is 0 Å². The number of hydrogen-bond donors (Lipinski definition) is 1. The van der Waals surface area contributed by atoms with Gasteiger partial charge in [-0.2, -0.15) is 11.8 Å². The third-order valence-electron chi connectivity index (χ3n) is 4.55. The number of hydrogen-bond acceptors (Lipinski definition) is 3. The lowest BCUT2D eigenvalue weighted by molar-refractivity contribution is 0.118. The van der Waals surface area contributed by atoms with Crippen molar-refractivity contribution >= 4 is 11.8 Å². The summed E-state index contributed by atoms with van der Waals surface area (Å²) in [6.45, 7) is 10.8. The highest BCUT2D eigenvalue weighted by molar-refractivity contribution is 7.99. The first kappa shape index (κ1) is 15.7. The molecule has 2 aliphatic rings. The SMILES string of the molecule is CCC1CNC(CC(C)C)CN1CC1CCCCS1. The third kappa shape index (κ3) is 4.95. The van der Waals surface area contributed by atoms with Crippen LogP contribution in [0.4, 0.5) is 0 Å². The van der Waals surface area contributed by atoms with Crippen LogP contribution in [0.3, 0.4) is 0 Å². The summed E-state index contributed by atoms with van der Waals surface area (Å²) in [7, 11) is 0. The third-order valence-corrected chi connectivity index (χ3v) is 5.93. The average Bonchev–Trinajstić information content (AvgIpc) is 2.39. The number of piperazine rings is 1. The second-order valence-electron chi connectivity index (χ2n) is 6.74. The van der Waals surface area contributed by atoms with Crippen LogP contribution in [0.15, 0.2) is 0 Å². The van der Waals surface area contributed by atoms with Crippen LogP contribution in [0.1, 0.15) is 52.9 Å². The van der Waals surface area contributed by atoms with Gasteiger partial charge in [0.15, 0.2) is 0 Å². The molecular weight excluding hydrogens is 252 g/mol. The molecule has 0 saturated carbocycles. The maximum atomic E-state index is 3.77. The summed E-state index contributed by atoms with van der Waals surface area (Å²) in [4.78, 5) is 2.80. The fourth-order valence-electron chi connectivity index (χ4n) is 3.49. The lowest BCUT2D eigenvalue weighted by Gasteiger charge is -2.42. The van der Waals surface area contributed by atoms with Gasteiger partial charge in [0.2, 0.25) is 0 Å². The van der Waals surface area contributed by atoms with Gasteiger partial charge in [-0.3, -0.25) is 4.90 Å². The molecule has 2 aliphatic heterocycles. The molecule has 2 nitrogen and oxygen atoms in total. The van der Waals surface area contributed by atoms with Crippen molar-refractivity contribution in [2.75, 3.05) is 25.4 Å². The van der Waals surface area contributed by atoms with Crippen LogP contribution >= 0.6 is 11.8 Å². The number of nitrogens with zero attached hydrogens (tertiary/aromatic N) is 1. The van der Waals surface area contributed by atoms with Crippen molar-refractivity contribution in [3.63, 3.8) is 0 Å². The molecule has 3 atom stereocenters. The topological polar surface area (TPSA) is 15.3 Å². The van der Waals surface area contributed by atoms with E-state index >= 15 is 0 Å². The lowest BCUT2D eigenvalue weighted by atomic mass is 9.98. The molecule has 3 heteroatoms. The van der Waals surface area contributed by atoms with Gasteiger partial charge in [-0.1, -0.05) is 27.2 Å². The minimum atomic E-state index is 0.719. The second kappa shape index (κ2) is 7.90. The first-order valence-corrected chi connectivity index (χ1v) is 9.33. The lowest BCUT2D eigenvalue weighted by Crippen LogP contribution is -2.57. The Bertz CT molecular complexity index is 251. The minimum absolute atomic E-state index is 0.719. The van der Waals surface area contributed by atoms with Crippen LogP contribution in [0.2, 0.25) is 0 Å². The molecule has 112 valence electrons. The summed E-state index contributed by atoms with van der Waals surface area (Å²) in [5.41, 5.74) is 0. The maximum Gasteiger partial charge on any atom is 0.0219 e. The fourth-order valence-corrected chi connectivity index (χ4v) is 4.83. The summed E-state index contributed by atoms with van der Waals surface area (Å²) in [5.74, 6) is 2.20. The Morgan fingerprint density at radius 1 is 1.32 bits per heavy atom. The predicted molar refractivity (Wildman–Crippen MR) is 87.0 cm³/mol. The Morgan fingerprint density at radius 3 is 2.79 bits per heavy atom. The molecule has 3 unspecified atom stereocenters. The highest BCUT2D eigenvalue weighted by atomic mass is 32.2. The molecule has 2 heterocycles. The smallest absolute Gasteiger partial charge is 0.0219 e. The van der Waals surface area contributed by atoms with Gasteiger partial charge in [-0.05, 0) is 37.4 Å². The maximum absolute atomic E-state index is 3.77. The molecule has 0 aliphatic carbocycles. The van der Waals surface area contributed by atoms with Crippen molar-refractivity contribution in [3.8, 4) is 0 Å². The molecule has 0 aromatic rings. The summed E-state index contributed by atoms with van der Waals surface area (Å²) >= 11 is 2.22. The van der Waals surface area contributed by atoms with Crippen molar-refractivity contribution in [1.82, 2.24) is 10.2 Å². The van der Waals surface area contributed by atoms with E-state index in [1.54, 1.807) is 0 Å². The molecule has 19 heavy (non-hydrogen) atoms. The van der Waals surface area contributed by atoms with Crippen molar-refractivity contribution in [1.29, 1.82) is 0 Å². The van der Waals surface area contributed by atoms with E-state index in [9.17, 15) is 0 Å². The summed E-state index contributed by atoms with van der Waals surface area (Å²) in [5, 5.41) is 4.67. The Kier molecular flexibility index (Phi) is 6.51. The zero-order valence-electron chi connectivity index (χ0n) is 13.0. The van der Waals surface area contributed by atoms with Gasteiger partial charge >= 0.3 is 0 Å². The van der Waals surface area contributed by atoms with Crippen molar-refractivity contribution in [3.05, 3.63) is 0 Å². The first-order chi connectivity index (χ1) is 9.19. The van der Waals surface area contributed by atoms with Gasteiger partial charge in [0, 0.05) is 37.0 Å². The molecule has 0 radical (unpaired) electrons. The van der Waals surface area contributed by atoms with Gasteiger partial charge in [0.05, 0.1) is 0 Å². The zero-order chi connectivity index (χ0) is 13.7. The van der Waals surface area contributed by atoms with Gasteiger partial charge in [0.25, 0.3) is 0 Å². The van der Waals surface area contributed by atoms with Crippen LogP contribution < -0.4 is 5.32 Å². The zero-order valence-corrected chi connectivity index (χ0v) is 13.8. The summed E-state index contributed by atoms with van der Waals surface area (Å²) in [6.07, 6.45) is 6.95. The van der Waals surface area contributed by atoms with E-state index in [-0.39, 0.29) is 0 Å². The molecule has 0 bridgehead atoms. The Morgan fingerprint density at radius 2 is 2.16 bits per heavy atom. The fraction of sp³-hybridized carbons (Fsp3) is 1.00. The Balaban J connectivity index is 1.85. The molecule has 0 spiro atoms. The Labute approximate surface area is 124 Å². The molecule has 2 fully saturated rings. The van der Waals surface area contributed by atoms with Crippen molar-refractivity contribution in [2.24, 2.45) is 5.92 Å². The van der Waals surface area contributed by atoms with E-state index in [4.69, 9.17) is 0 Å². The average molecular weight is 285 g/mol. The van der Waals surface area contributed by atoms with Crippen LogP contribution in [0.25, 0.3) is 0 Å². The highest BCUT2D eigenvalue weighted by Crippen LogP contribution is 2.27. The van der Waals surface area contributed by atoms with Crippen molar-refractivity contribution in [2.45, 2.75) is 70.2 Å². The van der Waals surface area contributed by atoms with Gasteiger partial charge < -0.3 is 5.32 Å². The predicted octanol–water partition coefficient (Wildman–Crippen LogP) is 3.37. The van der Waals surface area contributed by atoms with E-state index in [0.29, 0.717) is 0 Å². The highest BCUT2D eigenvalue weighted by Gasteiger charge is 2.29. The Hall–Kier alpha value is 0.270. The standard InChI is InChI=1S/C16H32N2S/c1-4-15-10-17-14(9-13(2)3)11-18(15)12-16-7-5-6-8-19-16/h13-17H,4-12H2,1-3H3. The monoisotopic (exact) mass is 284 g/mol. The molecule has 1 N–H and O–H groups in total. The van der Waals surface area contributed by atoms with E-state index in [2.05, 4.69) is 42.7 Å². The second-order valence-corrected chi connectivity index (χ2v) is 8.15. The molecule has 2 saturated heterocycles. The van der Waals surface area contributed by atoms with Crippen LogP contribution in [0.5, 0.6) is 0 Å². The van der Waals surface area contributed by atoms with Gasteiger partial charge in [0.1, 0.15) is 0 Å². The normalized spacial score (nSPS) is 33.8. The summed E-state index contributed by atoms with van der Waals surface area (Å²) < 4.78 is 0. The van der Waals surface area contributed by atoms with E-state index < -0.39 is 0 Å². The van der Waals surface area contributed by atoms with E-state index in [1.807, 2.05) is 0 Å². The number of thioether (sulfide) groups is 1. The molecular formula is C16H32N2S. The summed E-state index contributed by atoms with van der Waals surface area (Å²) in [6, 6.07) is 1.49. The van der Waals surface area contributed by atoms with Crippen LogP contribution in [0, 0.1) is 5.92 Å². The first-order valence-electron chi connectivity index (χ1n) is 8.28. The van der Waals surface area contributed by atoms with E-state index in [1.165, 1.54) is 57.5 Å². The van der Waals surface area contributed by atoms with E-state index in [0.717, 1.165) is 23.3 Å². The number of nitrogens with one attached hydrogen (secondary N) is 1. The number of rotatable bonds is 5. The quantitative estimate of drug-likeness (QED) is 0.833. The van der Waals surface area contributed by atoms with Crippen LogP contribution in [-0.4, -0.2) is 47.6 Å². The largest absolute Gasteiger partial charge is 0.311 e. The minimum Gasteiger partial charge on any atom is -0.311 e. The van der Waals surface area contributed by atoms with Gasteiger partial charge in [-0.15, -0.1) is 0 Å². The molecule has 0 aromatic carbocycles. The van der Waals surface area contributed by atoms with Crippen LogP contribution in [-0.2, 0) is 0 Å². The van der Waals surface area contributed by atoms with Crippen molar-refractivity contribution < 1.29 is 0 Å².